The average Bonchev–Trinajstić information content (AvgIpc) is 4.00. The van der Waals surface area contributed by atoms with E-state index in [0.717, 1.165) is 35.0 Å². The van der Waals surface area contributed by atoms with Crippen molar-refractivity contribution in [1.82, 2.24) is 55.3 Å². The quantitative estimate of drug-likeness (QED) is 0.121. The van der Waals surface area contributed by atoms with E-state index >= 15 is 0 Å². The van der Waals surface area contributed by atoms with E-state index in [1.54, 1.807) is 34.6 Å². The molecule has 0 saturated carbocycles. The Morgan fingerprint density at radius 3 is 2.09 bits per heavy atom. The predicted octanol–water partition coefficient (Wildman–Crippen LogP) is 5.25. The average molecular weight is 780 g/mol. The third-order valence-electron chi connectivity index (χ3n) is 10.1. The van der Waals surface area contributed by atoms with Gasteiger partial charge >= 0.3 is 12.2 Å². The molecule has 4 amide bonds. The van der Waals surface area contributed by atoms with Gasteiger partial charge in [0.15, 0.2) is 0 Å². The molecule has 57 heavy (non-hydrogen) atoms. The summed E-state index contributed by atoms with van der Waals surface area (Å²) in [4.78, 5) is 84.1. The first kappa shape index (κ1) is 40.3. The summed E-state index contributed by atoms with van der Waals surface area (Å²) in [5.74, 6) is 0.627. The SMILES string of the molecule is CCN(Cc1nc2ccc(-c3cnc(-c4ccc(-c5cnc([C@@H]6CCCN6C(=O)[C@@H](NC(=O)OC)C(C)C)[nH]5)nc4)cn3)cc2[nH]1)C(=O)[C@@H](NC(=O)OC)C(C)C. The Labute approximate surface area is 330 Å². The minimum atomic E-state index is -0.732. The molecule has 17 heteroatoms. The monoisotopic (exact) mass is 779 g/mol. The second-order valence-corrected chi connectivity index (χ2v) is 14.6. The Kier molecular flexibility index (Phi) is 12.4. The normalized spacial score (nSPS) is 15.1. The maximum atomic E-state index is 13.5. The highest BCUT2D eigenvalue weighted by molar-refractivity contribution is 5.87. The van der Waals surface area contributed by atoms with Gasteiger partial charge in [0, 0.05) is 30.4 Å². The third-order valence-corrected chi connectivity index (χ3v) is 10.1. The smallest absolute Gasteiger partial charge is 0.407 e. The molecule has 5 aromatic rings. The number of carbonyl (C=O) groups excluding carboxylic acids is 4. The van der Waals surface area contributed by atoms with Crippen molar-refractivity contribution in [3.8, 4) is 33.9 Å². The number of ether oxygens (including phenoxy) is 2. The minimum absolute atomic E-state index is 0.124. The number of pyridine rings is 1. The summed E-state index contributed by atoms with van der Waals surface area (Å²) in [7, 11) is 2.54. The van der Waals surface area contributed by atoms with E-state index in [1.165, 1.54) is 14.2 Å². The highest BCUT2D eigenvalue weighted by Crippen LogP contribution is 2.33. The van der Waals surface area contributed by atoms with Crippen molar-refractivity contribution in [2.24, 2.45) is 11.8 Å². The lowest BCUT2D eigenvalue weighted by Gasteiger charge is -2.30. The number of imidazole rings is 2. The van der Waals surface area contributed by atoms with Gasteiger partial charge in [-0.05, 0) is 55.9 Å². The number of hydrogen-bond acceptors (Lipinski definition) is 11. The molecule has 4 N–H and O–H groups in total. The fourth-order valence-electron chi connectivity index (χ4n) is 6.88. The number of hydrogen-bond donors (Lipinski definition) is 4. The number of fused-ring (bicyclic) bond motifs is 1. The Morgan fingerprint density at radius 1 is 0.825 bits per heavy atom. The molecule has 1 saturated heterocycles. The lowest BCUT2D eigenvalue weighted by Crippen LogP contribution is -2.51. The van der Waals surface area contributed by atoms with Gasteiger partial charge in [0.25, 0.3) is 0 Å². The van der Waals surface area contributed by atoms with E-state index < -0.39 is 24.3 Å². The molecule has 1 fully saturated rings. The van der Waals surface area contributed by atoms with E-state index in [-0.39, 0.29) is 36.2 Å². The lowest BCUT2D eigenvalue weighted by atomic mass is 10.0. The topological polar surface area (TPSA) is 213 Å². The van der Waals surface area contributed by atoms with Crippen LogP contribution in [-0.4, -0.2) is 108 Å². The van der Waals surface area contributed by atoms with Crippen LogP contribution in [0.25, 0.3) is 44.9 Å². The van der Waals surface area contributed by atoms with Gasteiger partial charge in [-0.2, -0.15) is 0 Å². The fourth-order valence-corrected chi connectivity index (χ4v) is 6.88. The minimum Gasteiger partial charge on any atom is -0.453 e. The van der Waals surface area contributed by atoms with Gasteiger partial charge in [0.05, 0.1) is 79.2 Å². The second-order valence-electron chi connectivity index (χ2n) is 14.6. The Balaban J connectivity index is 1.11. The lowest BCUT2D eigenvalue weighted by molar-refractivity contribution is -0.136. The van der Waals surface area contributed by atoms with Crippen molar-refractivity contribution in [3.63, 3.8) is 0 Å². The number of H-pyrrole nitrogens is 2. The first-order valence-corrected chi connectivity index (χ1v) is 19.0. The molecule has 5 heterocycles. The largest absolute Gasteiger partial charge is 0.453 e. The fraction of sp³-hybridized carbons (Fsp3) is 0.425. The van der Waals surface area contributed by atoms with Gasteiger partial charge < -0.3 is 39.9 Å². The van der Waals surface area contributed by atoms with Crippen molar-refractivity contribution < 1.29 is 28.7 Å². The van der Waals surface area contributed by atoms with Crippen molar-refractivity contribution in [3.05, 3.63) is 66.8 Å². The standard InChI is InChI=1S/C40H49N11O6/c1-8-50(37(52)34(22(2)3)48-39(54)56-6)21-33-45-27-14-11-24(16-28(27)46-33)29-18-43-30(19-42-29)25-12-13-26(41-17-25)31-20-44-36(47-31)32-10-9-15-51(32)38(53)35(23(4)5)49-40(55)57-7/h11-14,16-20,22-23,32,34-35H,8-10,15,21H2,1-7H3,(H,44,47)(H,45,46)(H,48,54)(H,49,55)/t32-,34-,35-/m0/s1. The van der Waals surface area contributed by atoms with Crippen LogP contribution in [0.2, 0.25) is 0 Å². The molecule has 0 aliphatic carbocycles. The highest BCUT2D eigenvalue weighted by Gasteiger charge is 2.37. The number of aromatic nitrogens is 7. The van der Waals surface area contributed by atoms with Gasteiger partial charge in [-0.3, -0.25) is 24.5 Å². The number of aromatic amines is 2. The zero-order valence-corrected chi connectivity index (χ0v) is 33.2. The van der Waals surface area contributed by atoms with E-state index in [9.17, 15) is 19.2 Å². The van der Waals surface area contributed by atoms with Crippen molar-refractivity contribution in [2.45, 2.75) is 72.1 Å². The zero-order chi connectivity index (χ0) is 40.8. The first-order valence-electron chi connectivity index (χ1n) is 19.0. The predicted molar refractivity (Wildman–Crippen MR) is 211 cm³/mol. The van der Waals surface area contributed by atoms with Crippen molar-refractivity contribution in [2.75, 3.05) is 27.3 Å². The Hall–Kier alpha value is -6.39. The molecule has 0 spiro atoms. The number of carbonyl (C=O) groups is 4. The molecular weight excluding hydrogens is 731 g/mol. The molecule has 0 bridgehead atoms. The second kappa shape index (κ2) is 17.6. The number of amides is 4. The van der Waals surface area contributed by atoms with Gasteiger partial charge in [-0.1, -0.05) is 33.8 Å². The molecule has 1 aliphatic heterocycles. The summed E-state index contributed by atoms with van der Waals surface area (Å²) in [5.41, 5.74) is 5.88. The maximum Gasteiger partial charge on any atom is 0.407 e. The molecule has 0 radical (unpaired) electrons. The van der Waals surface area contributed by atoms with Gasteiger partial charge in [0.2, 0.25) is 11.8 Å². The number of nitrogens with zero attached hydrogens (tertiary/aromatic N) is 7. The number of likely N-dealkylation sites (N-methyl/N-ethyl adjacent to an activating group) is 1. The first-order chi connectivity index (χ1) is 27.4. The van der Waals surface area contributed by atoms with Crippen molar-refractivity contribution >= 4 is 35.0 Å². The molecular formula is C40H49N11O6. The number of likely N-dealkylation sites (tertiary alicyclic amines) is 1. The third kappa shape index (κ3) is 9.03. The van der Waals surface area contributed by atoms with E-state index in [1.807, 2.05) is 65.0 Å². The van der Waals surface area contributed by atoms with E-state index in [2.05, 4.69) is 40.5 Å². The van der Waals surface area contributed by atoms with Crippen LogP contribution in [0.1, 0.15) is 65.2 Å². The molecule has 3 atom stereocenters. The number of methoxy groups -OCH3 is 2. The Morgan fingerprint density at radius 2 is 1.47 bits per heavy atom. The van der Waals surface area contributed by atoms with Crippen LogP contribution in [0.5, 0.6) is 0 Å². The van der Waals surface area contributed by atoms with E-state index in [0.29, 0.717) is 47.5 Å². The van der Waals surface area contributed by atoms with Crippen LogP contribution in [0.4, 0.5) is 9.59 Å². The number of benzene rings is 1. The molecule has 17 nitrogen and oxygen atoms in total. The summed E-state index contributed by atoms with van der Waals surface area (Å²) in [6.07, 6.45) is 7.13. The molecule has 300 valence electrons. The summed E-state index contributed by atoms with van der Waals surface area (Å²) < 4.78 is 9.46. The molecule has 4 aromatic heterocycles. The molecule has 1 aromatic carbocycles. The molecule has 0 unspecified atom stereocenters. The summed E-state index contributed by atoms with van der Waals surface area (Å²) in [6, 6.07) is 7.87. The van der Waals surface area contributed by atoms with Gasteiger partial charge in [0.1, 0.15) is 23.7 Å². The molecule has 6 rings (SSSR count). The number of rotatable bonds is 13. The van der Waals surface area contributed by atoms with Crippen LogP contribution >= 0.6 is 0 Å². The molecule has 1 aliphatic rings. The Bertz CT molecular complexity index is 2200. The highest BCUT2D eigenvalue weighted by atomic mass is 16.5. The number of alkyl carbamates (subject to hydrolysis) is 2. The zero-order valence-electron chi connectivity index (χ0n) is 33.2. The van der Waals surface area contributed by atoms with Crippen molar-refractivity contribution in [1.29, 1.82) is 0 Å². The maximum absolute atomic E-state index is 13.5. The van der Waals surface area contributed by atoms with Crippen LogP contribution in [0.3, 0.4) is 0 Å². The van der Waals surface area contributed by atoms with E-state index in [4.69, 9.17) is 14.5 Å². The summed E-state index contributed by atoms with van der Waals surface area (Å²) in [6.45, 7) is 10.6. The van der Waals surface area contributed by atoms with Crippen LogP contribution < -0.4 is 10.6 Å². The van der Waals surface area contributed by atoms with Crippen LogP contribution in [-0.2, 0) is 25.6 Å². The van der Waals surface area contributed by atoms with Crippen LogP contribution in [0, 0.1) is 11.8 Å². The van der Waals surface area contributed by atoms with Gasteiger partial charge in [-0.25, -0.2) is 19.6 Å². The summed E-state index contributed by atoms with van der Waals surface area (Å²) in [5, 5.41) is 5.32. The van der Waals surface area contributed by atoms with Crippen LogP contribution in [0.15, 0.2) is 55.1 Å². The summed E-state index contributed by atoms with van der Waals surface area (Å²) >= 11 is 0. The number of nitrogens with one attached hydrogen (secondary N) is 4. The van der Waals surface area contributed by atoms with Gasteiger partial charge in [-0.15, -0.1) is 0 Å².